The van der Waals surface area contributed by atoms with Crippen molar-refractivity contribution in [1.82, 2.24) is 0 Å². The molecule has 2 aromatic carbocycles. The predicted octanol–water partition coefficient (Wildman–Crippen LogP) is 3.46. The van der Waals surface area contributed by atoms with Crippen molar-refractivity contribution in [2.24, 2.45) is 0 Å². The molecule has 0 saturated heterocycles. The fourth-order valence-electron chi connectivity index (χ4n) is 1.52. The van der Waals surface area contributed by atoms with E-state index in [9.17, 15) is 0 Å². The SMILES string of the molecule is C[IH]c1cc(C#N)cc(C#Cc2ccccc2)c1.[Y]. The maximum Gasteiger partial charge on any atom is 0 e. The summed E-state index contributed by atoms with van der Waals surface area (Å²) in [5, 5.41) is 8.98. The quantitative estimate of drug-likeness (QED) is 0.384. The molecule has 0 unspecified atom stereocenters. The minimum atomic E-state index is -0.185. The summed E-state index contributed by atoms with van der Waals surface area (Å²) in [5.74, 6) is 6.25. The van der Waals surface area contributed by atoms with Gasteiger partial charge in [-0.05, 0) is 0 Å². The molecular formula is C16H12INY. The Bertz CT molecular complexity index is 648. The Hall–Kier alpha value is -0.676. The van der Waals surface area contributed by atoms with Crippen LogP contribution in [0, 0.1) is 26.7 Å². The van der Waals surface area contributed by atoms with E-state index in [-0.39, 0.29) is 53.9 Å². The monoisotopic (exact) mass is 434 g/mol. The fraction of sp³-hybridized carbons (Fsp3) is 0.0625. The van der Waals surface area contributed by atoms with E-state index in [2.05, 4.69) is 28.9 Å². The van der Waals surface area contributed by atoms with Crippen LogP contribution in [0.3, 0.4) is 0 Å². The maximum absolute atomic E-state index is 8.98. The van der Waals surface area contributed by atoms with Gasteiger partial charge in [0.05, 0.1) is 0 Å². The number of benzene rings is 2. The Labute approximate surface area is 149 Å². The molecule has 1 radical (unpaired) electrons. The standard InChI is InChI=1S/C16H12IN.Y/c1-17-16-10-14(9-15(11-16)12-18)8-7-13-5-3-2-4-6-13;/h2-6,9-11,17H,1H3;. The Morgan fingerprint density at radius 3 is 2.16 bits per heavy atom. The normalized spacial score (nSPS) is 8.84. The molecule has 91 valence electrons. The first kappa shape index (κ1) is 16.4. The van der Waals surface area contributed by atoms with Gasteiger partial charge in [0.15, 0.2) is 0 Å². The third-order valence-corrected chi connectivity index (χ3v) is 4.41. The van der Waals surface area contributed by atoms with Crippen molar-refractivity contribution >= 4 is 21.2 Å². The van der Waals surface area contributed by atoms with Gasteiger partial charge in [0.2, 0.25) is 0 Å². The van der Waals surface area contributed by atoms with Gasteiger partial charge < -0.3 is 0 Å². The number of nitriles is 1. The molecule has 0 heterocycles. The van der Waals surface area contributed by atoms with E-state index in [1.54, 1.807) is 0 Å². The van der Waals surface area contributed by atoms with Crippen LogP contribution in [0.2, 0.25) is 0 Å². The number of rotatable bonds is 1. The van der Waals surface area contributed by atoms with Crippen molar-refractivity contribution < 1.29 is 32.7 Å². The molecule has 0 aliphatic rings. The van der Waals surface area contributed by atoms with Crippen LogP contribution in [0.25, 0.3) is 0 Å². The summed E-state index contributed by atoms with van der Waals surface area (Å²) in [6, 6.07) is 18.0. The smallest absolute Gasteiger partial charge is 0 e. The van der Waals surface area contributed by atoms with Gasteiger partial charge in [-0.2, -0.15) is 0 Å². The van der Waals surface area contributed by atoms with Crippen molar-refractivity contribution in [3.05, 3.63) is 68.8 Å². The molecule has 0 aliphatic carbocycles. The second-order valence-electron chi connectivity index (χ2n) is 3.68. The second kappa shape index (κ2) is 8.49. The fourth-order valence-corrected chi connectivity index (χ4v) is 2.92. The molecule has 0 aliphatic heterocycles. The van der Waals surface area contributed by atoms with Gasteiger partial charge in [0.25, 0.3) is 0 Å². The largest absolute Gasteiger partial charge is 0 e. The van der Waals surface area contributed by atoms with Crippen LogP contribution in [-0.4, -0.2) is 4.93 Å². The van der Waals surface area contributed by atoms with Gasteiger partial charge in [-0.1, -0.05) is 0 Å². The minimum absolute atomic E-state index is 0. The maximum atomic E-state index is 8.98. The minimum Gasteiger partial charge on any atom is 0 e. The molecule has 0 bridgehead atoms. The van der Waals surface area contributed by atoms with Gasteiger partial charge >= 0.3 is 118 Å². The summed E-state index contributed by atoms with van der Waals surface area (Å²) in [6.07, 6.45) is 0. The Morgan fingerprint density at radius 2 is 1.53 bits per heavy atom. The average Bonchev–Trinajstić information content (AvgIpc) is 2.45. The van der Waals surface area contributed by atoms with Gasteiger partial charge in [-0.3, -0.25) is 0 Å². The summed E-state index contributed by atoms with van der Waals surface area (Å²) in [5.41, 5.74) is 2.63. The van der Waals surface area contributed by atoms with Crippen LogP contribution in [-0.2, 0) is 32.7 Å². The zero-order valence-electron chi connectivity index (χ0n) is 10.6. The number of hydrogen-bond donors (Lipinski definition) is 0. The van der Waals surface area contributed by atoms with Crippen molar-refractivity contribution in [3.63, 3.8) is 0 Å². The van der Waals surface area contributed by atoms with Crippen molar-refractivity contribution in [1.29, 1.82) is 5.26 Å². The Kier molecular flexibility index (Phi) is 7.31. The molecule has 0 aromatic heterocycles. The number of nitrogens with zero attached hydrogens (tertiary/aromatic N) is 1. The van der Waals surface area contributed by atoms with Crippen molar-refractivity contribution in [2.75, 3.05) is 4.93 Å². The molecule has 0 amide bonds. The molecule has 1 nitrogen and oxygen atoms in total. The molecule has 0 fully saturated rings. The first-order valence-electron chi connectivity index (χ1n) is 5.48. The van der Waals surface area contributed by atoms with Crippen molar-refractivity contribution in [2.45, 2.75) is 0 Å². The van der Waals surface area contributed by atoms with Crippen LogP contribution in [0.15, 0.2) is 48.5 Å². The molecular weight excluding hydrogens is 422 g/mol. The van der Waals surface area contributed by atoms with E-state index in [1.807, 2.05) is 42.5 Å². The predicted molar refractivity (Wildman–Crippen MR) is 83.6 cm³/mol. The summed E-state index contributed by atoms with van der Waals surface area (Å²) in [4.78, 5) is 2.20. The zero-order valence-corrected chi connectivity index (χ0v) is 15.7. The number of halogens is 1. The van der Waals surface area contributed by atoms with Crippen LogP contribution in [0.5, 0.6) is 0 Å². The van der Waals surface area contributed by atoms with E-state index in [0.29, 0.717) is 5.56 Å². The molecule has 0 atom stereocenters. The van der Waals surface area contributed by atoms with E-state index in [1.165, 1.54) is 3.57 Å². The number of hydrogen-bond acceptors (Lipinski definition) is 1. The van der Waals surface area contributed by atoms with Crippen LogP contribution in [0.4, 0.5) is 0 Å². The molecule has 0 N–H and O–H groups in total. The van der Waals surface area contributed by atoms with Crippen LogP contribution in [0.1, 0.15) is 16.7 Å². The molecule has 2 aromatic rings. The first-order chi connectivity index (χ1) is 8.81. The molecule has 0 spiro atoms. The summed E-state index contributed by atoms with van der Waals surface area (Å²) in [7, 11) is 0. The Morgan fingerprint density at radius 1 is 0.895 bits per heavy atom. The molecule has 3 heteroatoms. The van der Waals surface area contributed by atoms with E-state index >= 15 is 0 Å². The number of alkyl halides is 1. The van der Waals surface area contributed by atoms with Crippen molar-refractivity contribution in [3.8, 4) is 17.9 Å². The van der Waals surface area contributed by atoms with E-state index in [0.717, 1.165) is 11.1 Å². The van der Waals surface area contributed by atoms with Gasteiger partial charge in [-0.25, -0.2) is 0 Å². The molecule has 19 heavy (non-hydrogen) atoms. The summed E-state index contributed by atoms with van der Waals surface area (Å²) < 4.78 is 1.27. The van der Waals surface area contributed by atoms with Gasteiger partial charge in [0.1, 0.15) is 0 Å². The van der Waals surface area contributed by atoms with Crippen LogP contribution >= 0.6 is 21.2 Å². The van der Waals surface area contributed by atoms with Crippen LogP contribution < -0.4 is 0 Å². The van der Waals surface area contributed by atoms with E-state index < -0.39 is 0 Å². The zero-order chi connectivity index (χ0) is 12.8. The van der Waals surface area contributed by atoms with Gasteiger partial charge in [0, 0.05) is 32.7 Å². The molecule has 0 saturated carbocycles. The second-order valence-corrected chi connectivity index (χ2v) is 6.19. The summed E-state index contributed by atoms with van der Waals surface area (Å²) in [6.45, 7) is 0. The topological polar surface area (TPSA) is 23.8 Å². The Balaban J connectivity index is 0.00000180. The third kappa shape index (κ3) is 5.07. The first-order valence-corrected chi connectivity index (χ1v) is 8.97. The van der Waals surface area contributed by atoms with Gasteiger partial charge in [-0.15, -0.1) is 0 Å². The molecule has 2 rings (SSSR count). The van der Waals surface area contributed by atoms with E-state index in [4.69, 9.17) is 5.26 Å². The average molecular weight is 434 g/mol. The third-order valence-electron chi connectivity index (χ3n) is 2.40. The summed E-state index contributed by atoms with van der Waals surface area (Å²) >= 11 is -0.185.